The summed E-state index contributed by atoms with van der Waals surface area (Å²) in [5.41, 5.74) is 0.819. The van der Waals surface area contributed by atoms with Crippen LogP contribution in [0, 0.1) is 5.92 Å². The lowest BCUT2D eigenvalue weighted by molar-refractivity contribution is 0.135. The summed E-state index contributed by atoms with van der Waals surface area (Å²) in [6.07, 6.45) is 4.98. The highest BCUT2D eigenvalue weighted by atomic mass is 35.5. The summed E-state index contributed by atoms with van der Waals surface area (Å²) >= 11 is 6.12. The Morgan fingerprint density at radius 3 is 2.59 bits per heavy atom. The van der Waals surface area contributed by atoms with Crippen LogP contribution in [0.3, 0.4) is 0 Å². The van der Waals surface area contributed by atoms with E-state index < -0.39 is 0 Å². The Bertz CT molecular complexity index is 370. The molecule has 94 valence electrons. The number of halogens is 1. The van der Waals surface area contributed by atoms with Gasteiger partial charge in [-0.2, -0.15) is 0 Å². The lowest BCUT2D eigenvalue weighted by Crippen LogP contribution is -2.23. The first kappa shape index (κ1) is 12.7. The van der Waals surface area contributed by atoms with E-state index >= 15 is 0 Å². The van der Waals surface area contributed by atoms with Crippen LogP contribution in [0.25, 0.3) is 0 Å². The summed E-state index contributed by atoms with van der Waals surface area (Å²) in [6.45, 7) is 2.31. The molecule has 2 nitrogen and oxygen atoms in total. The van der Waals surface area contributed by atoms with E-state index in [4.69, 9.17) is 21.4 Å². The van der Waals surface area contributed by atoms with E-state index in [9.17, 15) is 0 Å². The van der Waals surface area contributed by atoms with E-state index in [1.807, 2.05) is 12.1 Å². The largest absolute Gasteiger partial charge is 0.489 e. The molecule has 0 aromatic heterocycles. The number of aliphatic hydroxyl groups excluding tert-OH is 1. The monoisotopic (exact) mass is 254 g/mol. The smallest absolute Gasteiger partial charge is 0.138 e. The fraction of sp³-hybridized carbons (Fsp3) is 0.571. The molecule has 0 heterocycles. The first-order chi connectivity index (χ1) is 8.19. The van der Waals surface area contributed by atoms with Crippen LogP contribution in [0.1, 0.15) is 38.2 Å². The van der Waals surface area contributed by atoms with E-state index in [1.165, 1.54) is 12.8 Å². The molecule has 0 amide bonds. The van der Waals surface area contributed by atoms with Crippen molar-refractivity contribution in [3.63, 3.8) is 0 Å². The minimum Gasteiger partial charge on any atom is -0.489 e. The third-order valence-electron chi connectivity index (χ3n) is 3.44. The number of rotatable bonds is 3. The summed E-state index contributed by atoms with van der Waals surface area (Å²) in [5.74, 6) is 1.56. The summed E-state index contributed by atoms with van der Waals surface area (Å²) in [6, 6.07) is 5.47. The Balaban J connectivity index is 1.99. The molecule has 1 saturated carbocycles. The maximum atomic E-state index is 9.00. The molecular weight excluding hydrogens is 236 g/mol. The fourth-order valence-electron chi connectivity index (χ4n) is 2.27. The maximum Gasteiger partial charge on any atom is 0.138 e. The first-order valence-electron chi connectivity index (χ1n) is 6.25. The van der Waals surface area contributed by atoms with Gasteiger partial charge in [0.05, 0.1) is 17.7 Å². The summed E-state index contributed by atoms with van der Waals surface area (Å²) in [4.78, 5) is 0. The van der Waals surface area contributed by atoms with Crippen molar-refractivity contribution in [3.8, 4) is 5.75 Å². The lowest BCUT2D eigenvalue weighted by atomic mass is 9.89. The molecule has 1 aliphatic rings. The molecule has 1 fully saturated rings. The molecule has 1 aromatic rings. The first-order valence-corrected chi connectivity index (χ1v) is 6.62. The molecule has 0 radical (unpaired) electrons. The lowest BCUT2D eigenvalue weighted by Gasteiger charge is -2.27. The van der Waals surface area contributed by atoms with Crippen LogP contribution in [0.15, 0.2) is 18.2 Å². The van der Waals surface area contributed by atoms with Gasteiger partial charge in [0.25, 0.3) is 0 Å². The molecule has 0 spiro atoms. The van der Waals surface area contributed by atoms with E-state index in [-0.39, 0.29) is 6.61 Å². The predicted molar refractivity (Wildman–Crippen MR) is 69.4 cm³/mol. The zero-order chi connectivity index (χ0) is 12.3. The Morgan fingerprint density at radius 1 is 1.29 bits per heavy atom. The minimum absolute atomic E-state index is 0.0148. The quantitative estimate of drug-likeness (QED) is 0.889. The molecule has 0 unspecified atom stereocenters. The number of ether oxygens (including phenoxy) is 1. The van der Waals surface area contributed by atoms with Crippen LogP contribution in [-0.4, -0.2) is 11.2 Å². The molecule has 0 aliphatic heterocycles. The second-order valence-corrected chi connectivity index (χ2v) is 5.33. The summed E-state index contributed by atoms with van der Waals surface area (Å²) in [5, 5.41) is 9.60. The van der Waals surface area contributed by atoms with E-state index in [0.717, 1.165) is 30.1 Å². The minimum atomic E-state index is 0.0148. The van der Waals surface area contributed by atoms with Gasteiger partial charge in [0.15, 0.2) is 0 Å². The molecule has 17 heavy (non-hydrogen) atoms. The van der Waals surface area contributed by atoms with Gasteiger partial charge < -0.3 is 9.84 Å². The van der Waals surface area contributed by atoms with Gasteiger partial charge in [0, 0.05) is 0 Å². The van der Waals surface area contributed by atoms with Gasteiger partial charge in [-0.3, -0.25) is 0 Å². The van der Waals surface area contributed by atoms with Crippen molar-refractivity contribution >= 4 is 11.6 Å². The van der Waals surface area contributed by atoms with Crippen molar-refractivity contribution in [3.05, 3.63) is 28.8 Å². The van der Waals surface area contributed by atoms with Gasteiger partial charge in [0.1, 0.15) is 5.75 Å². The van der Waals surface area contributed by atoms with Crippen molar-refractivity contribution in [2.24, 2.45) is 5.92 Å². The molecule has 1 aromatic carbocycles. The van der Waals surface area contributed by atoms with Crippen molar-refractivity contribution in [1.29, 1.82) is 0 Å². The van der Waals surface area contributed by atoms with Gasteiger partial charge in [-0.25, -0.2) is 0 Å². The topological polar surface area (TPSA) is 29.5 Å². The molecule has 1 aliphatic carbocycles. The Hall–Kier alpha value is -0.730. The number of hydrogen-bond acceptors (Lipinski definition) is 2. The van der Waals surface area contributed by atoms with Crippen molar-refractivity contribution in [1.82, 2.24) is 0 Å². The van der Waals surface area contributed by atoms with Crippen molar-refractivity contribution in [2.75, 3.05) is 0 Å². The van der Waals surface area contributed by atoms with Gasteiger partial charge in [-0.1, -0.05) is 24.6 Å². The molecule has 2 rings (SSSR count). The van der Waals surface area contributed by atoms with Gasteiger partial charge in [-0.15, -0.1) is 0 Å². The van der Waals surface area contributed by atoms with Gasteiger partial charge in [-0.05, 0) is 49.3 Å². The van der Waals surface area contributed by atoms with Gasteiger partial charge >= 0.3 is 0 Å². The standard InChI is InChI=1S/C14H19ClO2/c1-10-2-5-12(6-3-10)17-14-7-4-11(9-16)8-13(14)15/h4,7-8,10,12,16H,2-3,5-6,9H2,1H3. The second kappa shape index (κ2) is 5.74. The Kier molecular flexibility index (Phi) is 4.30. The third kappa shape index (κ3) is 3.36. The van der Waals surface area contributed by atoms with Crippen LogP contribution in [0.2, 0.25) is 5.02 Å². The zero-order valence-electron chi connectivity index (χ0n) is 10.2. The summed E-state index contributed by atoms with van der Waals surface area (Å²) < 4.78 is 5.92. The molecule has 3 heteroatoms. The third-order valence-corrected chi connectivity index (χ3v) is 3.73. The highest BCUT2D eigenvalue weighted by molar-refractivity contribution is 6.32. The SMILES string of the molecule is CC1CCC(Oc2ccc(CO)cc2Cl)CC1. The Morgan fingerprint density at radius 2 is 2.00 bits per heavy atom. The molecule has 0 atom stereocenters. The maximum absolute atomic E-state index is 9.00. The van der Waals surface area contributed by atoms with E-state index in [0.29, 0.717) is 11.1 Å². The Labute approximate surface area is 108 Å². The van der Waals surface area contributed by atoms with E-state index in [2.05, 4.69) is 6.92 Å². The van der Waals surface area contributed by atoms with Crippen LogP contribution in [0.4, 0.5) is 0 Å². The molecule has 0 saturated heterocycles. The predicted octanol–water partition coefficient (Wildman–Crippen LogP) is 3.79. The fourth-order valence-corrected chi connectivity index (χ4v) is 2.51. The molecule has 0 bridgehead atoms. The molecular formula is C14H19ClO2. The van der Waals surface area contributed by atoms with Crippen molar-refractivity contribution in [2.45, 2.75) is 45.3 Å². The number of hydrogen-bond donors (Lipinski definition) is 1. The second-order valence-electron chi connectivity index (χ2n) is 4.92. The summed E-state index contributed by atoms with van der Waals surface area (Å²) in [7, 11) is 0. The number of aliphatic hydroxyl groups is 1. The van der Waals surface area contributed by atoms with Crippen LogP contribution in [-0.2, 0) is 6.61 Å². The number of benzene rings is 1. The van der Waals surface area contributed by atoms with Crippen LogP contribution >= 0.6 is 11.6 Å². The van der Waals surface area contributed by atoms with Crippen LogP contribution < -0.4 is 4.74 Å². The zero-order valence-corrected chi connectivity index (χ0v) is 10.9. The van der Waals surface area contributed by atoms with E-state index in [1.54, 1.807) is 6.07 Å². The van der Waals surface area contributed by atoms with Gasteiger partial charge in [0.2, 0.25) is 0 Å². The van der Waals surface area contributed by atoms with Crippen molar-refractivity contribution < 1.29 is 9.84 Å². The highest BCUT2D eigenvalue weighted by Gasteiger charge is 2.20. The average molecular weight is 255 g/mol. The van der Waals surface area contributed by atoms with Crippen LogP contribution in [0.5, 0.6) is 5.75 Å². The normalized spacial score (nSPS) is 24.6. The average Bonchev–Trinajstić information content (AvgIpc) is 2.34. The molecule has 1 N–H and O–H groups in total. The highest BCUT2D eigenvalue weighted by Crippen LogP contribution is 2.31.